The highest BCUT2D eigenvalue weighted by molar-refractivity contribution is 7.84. The minimum atomic E-state index is -2.41. The van der Waals surface area contributed by atoms with Crippen LogP contribution in [0.15, 0.2) is 24.3 Å². The molecule has 1 N–H and O–H groups in total. The van der Waals surface area contributed by atoms with Crippen molar-refractivity contribution in [2.75, 3.05) is 18.6 Å². The molecule has 0 aliphatic rings. The Morgan fingerprint density at radius 2 is 1.94 bits per heavy atom. The monoisotopic (exact) mass is 247 g/mol. The molecule has 0 fully saturated rings. The Kier molecular flexibility index (Phi) is 5.55. The van der Waals surface area contributed by atoms with E-state index in [0.29, 0.717) is 18.8 Å². The molecule has 0 amide bonds. The normalized spacial score (nSPS) is 13.0. The van der Waals surface area contributed by atoms with Gasteiger partial charge in [-0.1, -0.05) is 24.3 Å². The Bertz CT molecular complexity index is 340. The molecule has 2 nitrogen and oxygen atoms in total. The van der Waals surface area contributed by atoms with Crippen molar-refractivity contribution in [1.82, 2.24) is 5.32 Å². The maximum Gasteiger partial charge on any atom is 0.263 e. The molecule has 0 heterocycles. The molecule has 1 unspecified atom stereocenters. The number of hydrogen-bond donors (Lipinski definition) is 1. The molecule has 90 valence electrons. The molecule has 1 rings (SSSR count). The van der Waals surface area contributed by atoms with Gasteiger partial charge in [0.15, 0.2) is 0 Å². The van der Waals surface area contributed by atoms with E-state index >= 15 is 0 Å². The van der Waals surface area contributed by atoms with Gasteiger partial charge in [-0.25, -0.2) is 8.78 Å². The van der Waals surface area contributed by atoms with Gasteiger partial charge >= 0.3 is 0 Å². The lowest BCUT2D eigenvalue weighted by Gasteiger charge is -2.05. The molecule has 0 saturated carbocycles. The topological polar surface area (TPSA) is 29.1 Å². The van der Waals surface area contributed by atoms with Crippen LogP contribution in [0.25, 0.3) is 0 Å². The smallest absolute Gasteiger partial charge is 0.263 e. The molecule has 0 aliphatic carbocycles. The van der Waals surface area contributed by atoms with Crippen LogP contribution in [0.3, 0.4) is 0 Å². The second-order valence-electron chi connectivity index (χ2n) is 3.50. The van der Waals surface area contributed by atoms with Gasteiger partial charge in [0.1, 0.15) is 0 Å². The molecular weight excluding hydrogens is 232 g/mol. The number of benzene rings is 1. The van der Waals surface area contributed by atoms with Crippen molar-refractivity contribution in [2.45, 2.75) is 13.0 Å². The van der Waals surface area contributed by atoms with Crippen LogP contribution < -0.4 is 5.32 Å². The van der Waals surface area contributed by atoms with Gasteiger partial charge in [-0.3, -0.25) is 4.21 Å². The highest BCUT2D eigenvalue weighted by atomic mass is 32.2. The maximum atomic E-state index is 12.2. The van der Waals surface area contributed by atoms with Crippen LogP contribution >= 0.6 is 0 Å². The quantitative estimate of drug-likeness (QED) is 0.780. The summed E-state index contributed by atoms with van der Waals surface area (Å²) in [4.78, 5) is 0. The summed E-state index contributed by atoms with van der Waals surface area (Å²) in [5, 5.41) is 3.10. The predicted octanol–water partition coefficient (Wildman–Crippen LogP) is 2.09. The number of alkyl halides is 2. The molecule has 0 bridgehead atoms. The summed E-state index contributed by atoms with van der Waals surface area (Å²) in [6.07, 6.45) is -0.761. The zero-order valence-electron chi connectivity index (χ0n) is 9.08. The fourth-order valence-electron chi connectivity index (χ4n) is 1.23. The Labute approximate surface area is 96.5 Å². The van der Waals surface area contributed by atoms with E-state index in [9.17, 15) is 13.0 Å². The highest BCUT2D eigenvalue weighted by Crippen LogP contribution is 2.18. The number of hydrogen-bond acceptors (Lipinski definition) is 2. The first-order valence-electron chi connectivity index (χ1n) is 4.97. The van der Waals surface area contributed by atoms with E-state index in [1.165, 1.54) is 12.1 Å². The highest BCUT2D eigenvalue weighted by Gasteiger charge is 2.05. The van der Waals surface area contributed by atoms with Crippen molar-refractivity contribution in [3.8, 4) is 0 Å². The Morgan fingerprint density at radius 3 is 2.44 bits per heavy atom. The molecule has 1 atom stereocenters. The number of rotatable bonds is 6. The van der Waals surface area contributed by atoms with Crippen molar-refractivity contribution in [2.24, 2.45) is 0 Å². The zero-order chi connectivity index (χ0) is 12.0. The minimum absolute atomic E-state index is 0.0402. The zero-order valence-corrected chi connectivity index (χ0v) is 9.90. The van der Waals surface area contributed by atoms with Gasteiger partial charge in [0.25, 0.3) is 6.43 Å². The van der Waals surface area contributed by atoms with Crippen LogP contribution in [0.5, 0.6) is 0 Å². The first-order valence-corrected chi connectivity index (χ1v) is 6.70. The average Bonchev–Trinajstić information content (AvgIpc) is 2.25. The van der Waals surface area contributed by atoms with Crippen LogP contribution in [-0.4, -0.2) is 22.8 Å². The van der Waals surface area contributed by atoms with Gasteiger partial charge in [0, 0.05) is 41.5 Å². The third-order valence-electron chi connectivity index (χ3n) is 2.13. The molecule has 16 heavy (non-hydrogen) atoms. The molecule has 0 aromatic heterocycles. The van der Waals surface area contributed by atoms with Crippen LogP contribution in [0.1, 0.15) is 17.6 Å². The van der Waals surface area contributed by atoms with Crippen molar-refractivity contribution in [3.05, 3.63) is 35.4 Å². The van der Waals surface area contributed by atoms with E-state index in [1.807, 2.05) is 0 Å². The van der Waals surface area contributed by atoms with Gasteiger partial charge in [0.05, 0.1) is 0 Å². The third kappa shape index (κ3) is 4.81. The van der Waals surface area contributed by atoms with E-state index in [1.54, 1.807) is 18.4 Å². The lowest BCUT2D eigenvalue weighted by atomic mass is 10.1. The van der Waals surface area contributed by atoms with Gasteiger partial charge in [-0.2, -0.15) is 0 Å². The molecule has 1 aromatic rings. The van der Waals surface area contributed by atoms with Gasteiger partial charge in [-0.05, 0) is 5.56 Å². The molecular formula is C11H15F2NOS. The molecule has 0 saturated heterocycles. The molecule has 0 spiro atoms. The fraction of sp³-hybridized carbons (Fsp3) is 0.455. The largest absolute Gasteiger partial charge is 0.312 e. The van der Waals surface area contributed by atoms with Crippen LogP contribution in [-0.2, 0) is 17.3 Å². The number of nitrogens with one attached hydrogen (secondary N) is 1. The van der Waals surface area contributed by atoms with Crippen LogP contribution in [0.4, 0.5) is 8.78 Å². The van der Waals surface area contributed by atoms with Gasteiger partial charge in [0.2, 0.25) is 0 Å². The Morgan fingerprint density at radius 1 is 1.31 bits per heavy atom. The summed E-state index contributed by atoms with van der Waals surface area (Å²) < 4.78 is 35.3. The van der Waals surface area contributed by atoms with Crippen LogP contribution in [0, 0.1) is 0 Å². The molecule has 5 heteroatoms. The molecule has 0 radical (unpaired) electrons. The lowest BCUT2D eigenvalue weighted by Crippen LogP contribution is -2.19. The summed E-state index contributed by atoms with van der Waals surface area (Å²) in [5.74, 6) is 0.606. The van der Waals surface area contributed by atoms with Crippen LogP contribution in [0.2, 0.25) is 0 Å². The number of halogens is 2. The SMILES string of the molecule is CS(=O)CCNCc1ccc(C(F)F)cc1. The van der Waals surface area contributed by atoms with Gasteiger partial charge in [-0.15, -0.1) is 0 Å². The Balaban J connectivity index is 2.35. The second kappa shape index (κ2) is 6.70. The van der Waals surface area contributed by atoms with Gasteiger partial charge < -0.3 is 5.32 Å². The van der Waals surface area contributed by atoms with E-state index in [4.69, 9.17) is 0 Å². The van der Waals surface area contributed by atoms with Crippen molar-refractivity contribution in [1.29, 1.82) is 0 Å². The maximum absolute atomic E-state index is 12.2. The third-order valence-corrected chi connectivity index (χ3v) is 2.91. The first kappa shape index (κ1) is 13.3. The standard InChI is InChI=1S/C11H15F2NOS/c1-16(15)7-6-14-8-9-2-4-10(5-3-9)11(12)13/h2-5,11,14H,6-8H2,1H3. The van der Waals surface area contributed by atoms with Crippen molar-refractivity contribution in [3.63, 3.8) is 0 Å². The summed E-state index contributed by atoms with van der Waals surface area (Å²) >= 11 is 0. The van der Waals surface area contributed by atoms with E-state index in [-0.39, 0.29) is 5.56 Å². The van der Waals surface area contributed by atoms with Crippen molar-refractivity contribution < 1.29 is 13.0 Å². The summed E-state index contributed by atoms with van der Waals surface area (Å²) in [5.41, 5.74) is 0.990. The average molecular weight is 247 g/mol. The second-order valence-corrected chi connectivity index (χ2v) is 5.05. The van der Waals surface area contributed by atoms with Crippen molar-refractivity contribution >= 4 is 10.8 Å². The minimum Gasteiger partial charge on any atom is -0.312 e. The fourth-order valence-corrected chi connectivity index (χ4v) is 1.66. The van der Waals surface area contributed by atoms with E-state index in [2.05, 4.69) is 5.32 Å². The molecule has 1 aromatic carbocycles. The summed E-state index contributed by atoms with van der Waals surface area (Å²) in [6, 6.07) is 6.22. The first-order chi connectivity index (χ1) is 7.59. The lowest BCUT2D eigenvalue weighted by molar-refractivity contribution is 0.151. The summed E-state index contributed by atoms with van der Waals surface area (Å²) in [6.45, 7) is 1.28. The molecule has 0 aliphatic heterocycles. The van der Waals surface area contributed by atoms with E-state index < -0.39 is 17.2 Å². The Hall–Kier alpha value is -0.810. The predicted molar refractivity (Wildman–Crippen MR) is 62.0 cm³/mol. The van der Waals surface area contributed by atoms with E-state index in [0.717, 1.165) is 5.56 Å². The summed E-state index contributed by atoms with van der Waals surface area (Å²) in [7, 11) is -0.795.